The zero-order valence-electron chi connectivity index (χ0n) is 11.9. The van der Waals surface area contributed by atoms with Crippen molar-refractivity contribution in [3.05, 3.63) is 46.3 Å². The second-order valence-corrected chi connectivity index (χ2v) is 4.78. The zero-order valence-corrected chi connectivity index (χ0v) is 12.6. The molecule has 0 amide bonds. The molecule has 2 aromatic rings. The van der Waals surface area contributed by atoms with Gasteiger partial charge in [-0.1, -0.05) is 17.7 Å². The summed E-state index contributed by atoms with van der Waals surface area (Å²) < 4.78 is 5.83. The molecule has 1 aromatic carbocycles. The smallest absolute Gasteiger partial charge is 0.122 e. The van der Waals surface area contributed by atoms with Gasteiger partial charge in [0.05, 0.1) is 12.3 Å². The lowest BCUT2D eigenvalue weighted by molar-refractivity contribution is -0.00000454. The molecular weight excluding hydrogens is 260 g/mol. The van der Waals surface area contributed by atoms with E-state index in [9.17, 15) is 0 Å². The van der Waals surface area contributed by atoms with Crippen molar-refractivity contribution in [2.24, 2.45) is 0 Å². The number of nitrogens with one attached hydrogen (secondary N) is 1. The van der Waals surface area contributed by atoms with Gasteiger partial charge in [0, 0.05) is 12.1 Å². The van der Waals surface area contributed by atoms with E-state index >= 15 is 0 Å². The Morgan fingerprint density at radius 2 is 1.89 bits per heavy atom. The van der Waals surface area contributed by atoms with Crippen molar-refractivity contribution in [2.45, 2.75) is 34.1 Å². The van der Waals surface area contributed by atoms with Gasteiger partial charge in [0.2, 0.25) is 0 Å². The summed E-state index contributed by atoms with van der Waals surface area (Å²) in [6.07, 6.45) is 0.890. The van der Waals surface area contributed by atoms with Gasteiger partial charge >= 0.3 is 0 Å². The first-order valence-electron chi connectivity index (χ1n) is 6.28. The fraction of sp³-hybridized carbons (Fsp3) is 0.400. The summed E-state index contributed by atoms with van der Waals surface area (Å²) >= 11 is 0. The average molecular weight is 280 g/mol. The number of rotatable bonds is 4. The monoisotopic (exact) mass is 279 g/mol. The van der Waals surface area contributed by atoms with Gasteiger partial charge in [0.15, 0.2) is 0 Å². The molecule has 0 fully saturated rings. The highest BCUT2D eigenvalue weighted by molar-refractivity contribution is 5.35. The Morgan fingerprint density at radius 3 is 2.47 bits per heavy atom. The summed E-state index contributed by atoms with van der Waals surface area (Å²) in [5.74, 6) is 0.972. The van der Waals surface area contributed by atoms with E-state index in [0.717, 1.165) is 23.6 Å². The maximum atomic E-state index is 5.83. The standard InChI is InChI=1S/C15H20N2O.ClH/c1-10-5-6-15(11(2)9-10)18-8-7-14-12(3)16-17-13(14)4;/h5-6,9H,7-8H2,1-4H3,(H,16,17);1H/p-1. The summed E-state index contributed by atoms with van der Waals surface area (Å²) in [6.45, 7) is 8.93. The minimum absolute atomic E-state index is 0. The molecule has 19 heavy (non-hydrogen) atoms. The molecule has 0 atom stereocenters. The highest BCUT2D eigenvalue weighted by Crippen LogP contribution is 2.19. The molecule has 0 saturated carbocycles. The fourth-order valence-electron chi connectivity index (χ4n) is 2.17. The van der Waals surface area contributed by atoms with Crippen LogP contribution in [0.5, 0.6) is 5.75 Å². The van der Waals surface area contributed by atoms with Gasteiger partial charge in [-0.3, -0.25) is 5.10 Å². The molecule has 1 heterocycles. The lowest BCUT2D eigenvalue weighted by Gasteiger charge is -2.09. The highest BCUT2D eigenvalue weighted by Gasteiger charge is 2.06. The van der Waals surface area contributed by atoms with Gasteiger partial charge in [0.1, 0.15) is 5.75 Å². The van der Waals surface area contributed by atoms with Crippen molar-refractivity contribution in [2.75, 3.05) is 6.61 Å². The van der Waals surface area contributed by atoms with Crippen LogP contribution < -0.4 is 17.1 Å². The van der Waals surface area contributed by atoms with E-state index in [-0.39, 0.29) is 12.4 Å². The first-order chi connectivity index (χ1) is 8.58. The van der Waals surface area contributed by atoms with Crippen LogP contribution in [0.4, 0.5) is 0 Å². The van der Waals surface area contributed by atoms with Gasteiger partial charge in [-0.15, -0.1) is 0 Å². The van der Waals surface area contributed by atoms with Crippen LogP contribution in [-0.2, 0) is 6.42 Å². The van der Waals surface area contributed by atoms with Crippen LogP contribution in [0.2, 0.25) is 0 Å². The zero-order chi connectivity index (χ0) is 13.1. The lowest BCUT2D eigenvalue weighted by atomic mass is 10.1. The molecule has 0 radical (unpaired) electrons. The predicted molar refractivity (Wildman–Crippen MR) is 73.2 cm³/mol. The Labute approximate surface area is 120 Å². The fourth-order valence-corrected chi connectivity index (χ4v) is 2.17. The minimum Gasteiger partial charge on any atom is -1.00 e. The lowest BCUT2D eigenvalue weighted by Crippen LogP contribution is -3.00. The molecule has 0 bridgehead atoms. The molecule has 0 aliphatic carbocycles. The molecule has 0 aliphatic rings. The summed E-state index contributed by atoms with van der Waals surface area (Å²) in [6, 6.07) is 6.26. The number of halogens is 1. The third-order valence-electron chi connectivity index (χ3n) is 3.22. The van der Waals surface area contributed by atoms with E-state index in [0.29, 0.717) is 6.61 Å². The van der Waals surface area contributed by atoms with Crippen molar-refractivity contribution in [1.82, 2.24) is 10.2 Å². The summed E-state index contributed by atoms with van der Waals surface area (Å²) in [5, 5.41) is 7.19. The Morgan fingerprint density at radius 1 is 1.16 bits per heavy atom. The molecule has 3 nitrogen and oxygen atoms in total. The van der Waals surface area contributed by atoms with Crippen LogP contribution in [0, 0.1) is 27.7 Å². The quantitative estimate of drug-likeness (QED) is 0.872. The van der Waals surface area contributed by atoms with Crippen molar-refractivity contribution in [3.63, 3.8) is 0 Å². The number of benzene rings is 1. The summed E-state index contributed by atoms with van der Waals surface area (Å²) in [5.41, 5.74) is 5.92. The van der Waals surface area contributed by atoms with Crippen molar-refractivity contribution in [1.29, 1.82) is 0 Å². The van der Waals surface area contributed by atoms with E-state index in [1.54, 1.807) is 0 Å². The average Bonchev–Trinajstić information content (AvgIpc) is 2.63. The van der Waals surface area contributed by atoms with Gasteiger partial charge in [0.25, 0.3) is 0 Å². The Balaban J connectivity index is 0.00000180. The van der Waals surface area contributed by atoms with Gasteiger partial charge in [-0.05, 0) is 44.9 Å². The van der Waals surface area contributed by atoms with Crippen molar-refractivity contribution < 1.29 is 17.1 Å². The third-order valence-corrected chi connectivity index (χ3v) is 3.22. The van der Waals surface area contributed by atoms with Crippen LogP contribution in [0.3, 0.4) is 0 Å². The molecule has 4 heteroatoms. The molecule has 0 saturated heterocycles. The predicted octanol–water partition coefficient (Wildman–Crippen LogP) is 0.269. The highest BCUT2D eigenvalue weighted by atomic mass is 35.5. The van der Waals surface area contributed by atoms with Gasteiger partial charge < -0.3 is 17.1 Å². The minimum atomic E-state index is 0. The Hall–Kier alpha value is -1.48. The van der Waals surface area contributed by atoms with E-state index in [1.807, 2.05) is 19.9 Å². The number of aromatic amines is 1. The Kier molecular flexibility index (Phi) is 5.43. The van der Waals surface area contributed by atoms with E-state index < -0.39 is 0 Å². The number of H-pyrrole nitrogens is 1. The first kappa shape index (κ1) is 15.6. The molecule has 1 aromatic heterocycles. The molecule has 2 rings (SSSR count). The summed E-state index contributed by atoms with van der Waals surface area (Å²) in [7, 11) is 0. The van der Waals surface area contributed by atoms with Crippen LogP contribution in [0.15, 0.2) is 18.2 Å². The number of aryl methyl sites for hydroxylation is 4. The number of ether oxygens (including phenoxy) is 1. The molecule has 104 valence electrons. The number of hydrogen-bond acceptors (Lipinski definition) is 2. The molecule has 0 aliphatic heterocycles. The molecule has 0 spiro atoms. The number of aromatic nitrogens is 2. The maximum absolute atomic E-state index is 5.83. The van der Waals surface area contributed by atoms with E-state index in [2.05, 4.69) is 36.2 Å². The topological polar surface area (TPSA) is 37.9 Å². The molecule has 0 unspecified atom stereocenters. The maximum Gasteiger partial charge on any atom is 0.122 e. The van der Waals surface area contributed by atoms with Crippen molar-refractivity contribution in [3.8, 4) is 5.75 Å². The normalized spacial score (nSPS) is 10.1. The van der Waals surface area contributed by atoms with E-state index in [1.165, 1.54) is 16.7 Å². The molecule has 1 N–H and O–H groups in total. The van der Waals surface area contributed by atoms with Crippen molar-refractivity contribution >= 4 is 0 Å². The van der Waals surface area contributed by atoms with Crippen LogP contribution >= 0.6 is 0 Å². The molecular formula is C15H20ClN2O-. The SMILES string of the molecule is Cc1ccc(OCCc2c(C)n[nH]c2C)c(C)c1.[Cl-]. The van der Waals surface area contributed by atoms with Crippen LogP contribution in [-0.4, -0.2) is 16.8 Å². The van der Waals surface area contributed by atoms with Crippen LogP contribution in [0.25, 0.3) is 0 Å². The number of nitrogens with zero attached hydrogens (tertiary/aromatic N) is 1. The second-order valence-electron chi connectivity index (χ2n) is 4.78. The first-order valence-corrected chi connectivity index (χ1v) is 6.28. The van der Waals surface area contributed by atoms with Crippen LogP contribution in [0.1, 0.15) is 28.1 Å². The second kappa shape index (κ2) is 6.62. The number of hydrogen-bond donors (Lipinski definition) is 1. The Bertz CT molecular complexity index is 530. The third kappa shape index (κ3) is 3.74. The largest absolute Gasteiger partial charge is 1.00 e. The van der Waals surface area contributed by atoms with E-state index in [4.69, 9.17) is 4.74 Å². The van der Waals surface area contributed by atoms with Gasteiger partial charge in [-0.2, -0.15) is 5.10 Å². The summed E-state index contributed by atoms with van der Waals surface area (Å²) in [4.78, 5) is 0. The van der Waals surface area contributed by atoms with Gasteiger partial charge in [-0.25, -0.2) is 0 Å².